The molecule has 0 fully saturated rings. The van der Waals surface area contributed by atoms with E-state index < -0.39 is 40.0 Å². The second kappa shape index (κ2) is 5.58. The number of halogens is 2. The number of amides is 1. The van der Waals surface area contributed by atoms with Crippen LogP contribution in [0.25, 0.3) is 0 Å². The standard InChI is InChI=1S/C12H11F2NO4S/c13-8-1-2-11(10(14)5-8)19-6-12(16)15-9-3-4-20(17,18)7-9/h1-5,9H,6-7H2,(H,15,16). The Bertz CT molecular complexity index is 657. The Labute approximate surface area is 114 Å². The number of rotatable bonds is 4. The Morgan fingerprint density at radius 1 is 1.40 bits per heavy atom. The predicted molar refractivity (Wildman–Crippen MR) is 66.7 cm³/mol. The second-order valence-electron chi connectivity index (χ2n) is 4.20. The first-order chi connectivity index (χ1) is 9.35. The molecule has 0 saturated heterocycles. The number of sulfone groups is 1. The van der Waals surface area contributed by atoms with Crippen LogP contribution < -0.4 is 10.1 Å². The summed E-state index contributed by atoms with van der Waals surface area (Å²) in [5.41, 5.74) is 0. The topological polar surface area (TPSA) is 72.5 Å². The Morgan fingerprint density at radius 3 is 2.75 bits per heavy atom. The van der Waals surface area contributed by atoms with Gasteiger partial charge in [0.25, 0.3) is 5.91 Å². The molecule has 0 saturated carbocycles. The molecule has 8 heteroatoms. The highest BCUT2D eigenvalue weighted by Gasteiger charge is 2.23. The van der Waals surface area contributed by atoms with Crippen LogP contribution in [0.2, 0.25) is 0 Å². The largest absolute Gasteiger partial charge is 0.481 e. The number of carbonyl (C=O) groups is 1. The third-order valence-electron chi connectivity index (χ3n) is 2.53. The molecule has 1 heterocycles. The van der Waals surface area contributed by atoms with Gasteiger partial charge in [-0.05, 0) is 18.2 Å². The quantitative estimate of drug-likeness (QED) is 0.892. The highest BCUT2D eigenvalue weighted by Crippen LogP contribution is 2.17. The van der Waals surface area contributed by atoms with E-state index in [9.17, 15) is 22.0 Å². The highest BCUT2D eigenvalue weighted by molar-refractivity contribution is 7.94. The summed E-state index contributed by atoms with van der Waals surface area (Å²) in [5, 5.41) is 3.44. The number of carbonyl (C=O) groups excluding carboxylic acids is 1. The second-order valence-corrected chi connectivity index (χ2v) is 6.13. The summed E-state index contributed by atoms with van der Waals surface area (Å²) in [6.07, 6.45) is 1.35. The van der Waals surface area contributed by atoms with Gasteiger partial charge >= 0.3 is 0 Å². The van der Waals surface area contributed by atoms with Crippen LogP contribution in [0.5, 0.6) is 5.75 Å². The van der Waals surface area contributed by atoms with E-state index in [-0.39, 0.29) is 11.5 Å². The van der Waals surface area contributed by atoms with Crippen molar-refractivity contribution in [3.63, 3.8) is 0 Å². The normalized spacial score (nSPS) is 19.8. The Balaban J connectivity index is 1.85. The summed E-state index contributed by atoms with van der Waals surface area (Å²) in [4.78, 5) is 11.5. The zero-order chi connectivity index (χ0) is 14.8. The molecule has 1 aliphatic heterocycles. The van der Waals surface area contributed by atoms with Crippen LogP contribution in [0.4, 0.5) is 8.78 Å². The van der Waals surface area contributed by atoms with Gasteiger partial charge in [0.15, 0.2) is 28.0 Å². The van der Waals surface area contributed by atoms with Crippen molar-refractivity contribution in [1.29, 1.82) is 0 Å². The summed E-state index contributed by atoms with van der Waals surface area (Å²) in [6, 6.07) is 2.09. The molecule has 108 valence electrons. The van der Waals surface area contributed by atoms with Gasteiger partial charge in [0.2, 0.25) is 0 Å². The molecule has 0 bridgehead atoms. The predicted octanol–water partition coefficient (Wildman–Crippen LogP) is 0.770. The molecule has 1 aliphatic rings. The number of ether oxygens (including phenoxy) is 1. The smallest absolute Gasteiger partial charge is 0.258 e. The Kier molecular flexibility index (Phi) is 4.03. The van der Waals surface area contributed by atoms with Crippen molar-refractivity contribution in [3.8, 4) is 5.75 Å². The minimum absolute atomic E-state index is 0.205. The van der Waals surface area contributed by atoms with E-state index in [1.54, 1.807) is 0 Å². The van der Waals surface area contributed by atoms with Gasteiger partial charge in [-0.2, -0.15) is 0 Å². The lowest BCUT2D eigenvalue weighted by atomic mass is 10.3. The van der Waals surface area contributed by atoms with Crippen molar-refractivity contribution in [1.82, 2.24) is 5.32 Å². The number of hydrogen-bond donors (Lipinski definition) is 1. The van der Waals surface area contributed by atoms with Crippen molar-refractivity contribution >= 4 is 15.7 Å². The number of nitrogens with one attached hydrogen (secondary N) is 1. The minimum Gasteiger partial charge on any atom is -0.481 e. The zero-order valence-corrected chi connectivity index (χ0v) is 11.0. The molecular weight excluding hydrogens is 292 g/mol. The SMILES string of the molecule is O=C(COc1ccc(F)cc1F)NC1C=CS(=O)(=O)C1. The molecule has 0 radical (unpaired) electrons. The molecular formula is C12H11F2NO4S. The lowest BCUT2D eigenvalue weighted by molar-refractivity contribution is -0.123. The first-order valence-corrected chi connectivity index (χ1v) is 7.35. The van der Waals surface area contributed by atoms with Gasteiger partial charge in [-0.25, -0.2) is 17.2 Å². The van der Waals surface area contributed by atoms with Gasteiger partial charge in [0.05, 0.1) is 11.8 Å². The third-order valence-corrected chi connectivity index (χ3v) is 3.92. The summed E-state index contributed by atoms with van der Waals surface area (Å²) < 4.78 is 53.0. The van der Waals surface area contributed by atoms with Crippen LogP contribution in [0.3, 0.4) is 0 Å². The van der Waals surface area contributed by atoms with E-state index in [1.807, 2.05) is 0 Å². The fourth-order valence-corrected chi connectivity index (χ4v) is 2.88. The van der Waals surface area contributed by atoms with Gasteiger partial charge in [0, 0.05) is 11.5 Å². The first kappa shape index (κ1) is 14.4. The summed E-state index contributed by atoms with van der Waals surface area (Å²) in [6.45, 7) is -0.493. The van der Waals surface area contributed by atoms with Crippen molar-refractivity contribution < 1.29 is 26.7 Å². The van der Waals surface area contributed by atoms with E-state index >= 15 is 0 Å². The zero-order valence-electron chi connectivity index (χ0n) is 10.2. The molecule has 1 atom stereocenters. The lowest BCUT2D eigenvalue weighted by Crippen LogP contribution is -2.38. The molecule has 0 aliphatic carbocycles. The molecule has 1 amide bonds. The average Bonchev–Trinajstić information content (AvgIpc) is 2.67. The fourth-order valence-electron chi connectivity index (χ4n) is 1.65. The summed E-state index contributed by atoms with van der Waals surface area (Å²) in [5.74, 6) is -2.72. The van der Waals surface area contributed by atoms with Gasteiger partial charge in [0.1, 0.15) is 5.82 Å². The fraction of sp³-hybridized carbons (Fsp3) is 0.250. The van der Waals surface area contributed by atoms with Crippen LogP contribution in [0.1, 0.15) is 0 Å². The summed E-state index contributed by atoms with van der Waals surface area (Å²) in [7, 11) is -3.26. The van der Waals surface area contributed by atoms with E-state index in [2.05, 4.69) is 5.32 Å². The maximum absolute atomic E-state index is 13.2. The van der Waals surface area contributed by atoms with Crippen LogP contribution in [0, 0.1) is 11.6 Å². The lowest BCUT2D eigenvalue weighted by Gasteiger charge is -2.11. The molecule has 1 aromatic rings. The van der Waals surface area contributed by atoms with Gasteiger partial charge in [-0.15, -0.1) is 0 Å². The maximum Gasteiger partial charge on any atom is 0.258 e. The van der Waals surface area contributed by atoms with Crippen LogP contribution >= 0.6 is 0 Å². The van der Waals surface area contributed by atoms with Crippen molar-refractivity contribution in [2.24, 2.45) is 0 Å². The molecule has 1 aromatic carbocycles. The molecule has 5 nitrogen and oxygen atoms in total. The molecule has 20 heavy (non-hydrogen) atoms. The van der Waals surface area contributed by atoms with Gasteiger partial charge in [-0.3, -0.25) is 4.79 Å². The molecule has 0 spiro atoms. The minimum atomic E-state index is -3.26. The summed E-state index contributed by atoms with van der Waals surface area (Å²) >= 11 is 0. The third kappa shape index (κ3) is 3.77. The van der Waals surface area contributed by atoms with E-state index in [0.29, 0.717) is 6.07 Å². The van der Waals surface area contributed by atoms with Crippen LogP contribution in [0.15, 0.2) is 29.7 Å². The van der Waals surface area contributed by atoms with E-state index in [0.717, 1.165) is 17.5 Å². The van der Waals surface area contributed by atoms with Crippen LogP contribution in [-0.4, -0.2) is 32.7 Å². The molecule has 1 unspecified atom stereocenters. The van der Waals surface area contributed by atoms with Gasteiger partial charge < -0.3 is 10.1 Å². The number of benzene rings is 1. The van der Waals surface area contributed by atoms with Crippen molar-refractivity contribution in [2.45, 2.75) is 6.04 Å². The van der Waals surface area contributed by atoms with E-state index in [1.165, 1.54) is 6.08 Å². The average molecular weight is 303 g/mol. The molecule has 2 rings (SSSR count). The number of hydrogen-bond acceptors (Lipinski definition) is 4. The van der Waals surface area contributed by atoms with Crippen molar-refractivity contribution in [3.05, 3.63) is 41.3 Å². The molecule has 1 N–H and O–H groups in total. The van der Waals surface area contributed by atoms with E-state index in [4.69, 9.17) is 4.74 Å². The monoisotopic (exact) mass is 303 g/mol. The van der Waals surface area contributed by atoms with Gasteiger partial charge in [-0.1, -0.05) is 0 Å². The van der Waals surface area contributed by atoms with Crippen molar-refractivity contribution in [2.75, 3.05) is 12.4 Å². The van der Waals surface area contributed by atoms with Crippen LogP contribution in [-0.2, 0) is 14.6 Å². The highest BCUT2D eigenvalue weighted by atomic mass is 32.2. The first-order valence-electron chi connectivity index (χ1n) is 5.64. The Hall–Kier alpha value is -1.96. The molecule has 0 aromatic heterocycles. The maximum atomic E-state index is 13.2. The Morgan fingerprint density at radius 2 is 2.15 bits per heavy atom.